The van der Waals surface area contributed by atoms with Gasteiger partial charge < -0.3 is 9.73 Å². The molecule has 4 rings (SSSR count). The zero-order valence-electron chi connectivity index (χ0n) is 14.9. The van der Waals surface area contributed by atoms with Crippen LogP contribution in [-0.4, -0.2) is 25.9 Å². The molecule has 27 heavy (non-hydrogen) atoms. The molecular weight excluding hydrogens is 342 g/mol. The van der Waals surface area contributed by atoms with Crippen molar-refractivity contribution in [1.82, 2.24) is 20.0 Å². The molecule has 0 bridgehead atoms. The molecule has 0 spiro atoms. The third-order valence-corrected chi connectivity index (χ3v) is 4.11. The highest BCUT2D eigenvalue weighted by Crippen LogP contribution is 2.21. The molecule has 134 valence electrons. The molecule has 2 heterocycles. The first-order valence-electron chi connectivity index (χ1n) is 8.42. The summed E-state index contributed by atoms with van der Waals surface area (Å²) in [6.07, 6.45) is 1.27. The van der Waals surface area contributed by atoms with Crippen molar-refractivity contribution in [2.24, 2.45) is 0 Å². The molecule has 2 aromatic heterocycles. The van der Waals surface area contributed by atoms with Crippen LogP contribution in [-0.2, 0) is 0 Å². The zero-order chi connectivity index (χ0) is 18.8. The SMILES string of the molecule is Cc1cc(C)n(-c2ccc(C(=O)Nc3cccc(-c4nnco4)c3)cc2)n1. The summed E-state index contributed by atoms with van der Waals surface area (Å²) in [5.41, 5.74) is 4.86. The number of carbonyl (C=O) groups is 1. The van der Waals surface area contributed by atoms with Crippen LogP contribution in [0, 0.1) is 13.8 Å². The van der Waals surface area contributed by atoms with E-state index in [-0.39, 0.29) is 5.91 Å². The maximum absolute atomic E-state index is 12.5. The molecule has 7 nitrogen and oxygen atoms in total. The molecule has 0 unspecified atom stereocenters. The van der Waals surface area contributed by atoms with Crippen molar-refractivity contribution in [3.8, 4) is 17.1 Å². The Bertz CT molecular complexity index is 1080. The lowest BCUT2D eigenvalue weighted by Gasteiger charge is -2.08. The normalized spacial score (nSPS) is 10.7. The molecule has 1 amide bonds. The molecule has 0 atom stereocenters. The fourth-order valence-corrected chi connectivity index (χ4v) is 2.88. The minimum absolute atomic E-state index is 0.197. The Kier molecular flexibility index (Phi) is 4.25. The van der Waals surface area contributed by atoms with Gasteiger partial charge in [0.05, 0.1) is 11.4 Å². The zero-order valence-corrected chi connectivity index (χ0v) is 14.9. The molecule has 2 aromatic carbocycles. The van der Waals surface area contributed by atoms with E-state index in [4.69, 9.17) is 4.42 Å². The van der Waals surface area contributed by atoms with Crippen LogP contribution in [0.15, 0.2) is 65.4 Å². The Hall–Kier alpha value is -3.74. The summed E-state index contributed by atoms with van der Waals surface area (Å²) in [5, 5.41) is 14.9. The Labute approximate surface area is 155 Å². The van der Waals surface area contributed by atoms with Crippen LogP contribution >= 0.6 is 0 Å². The quantitative estimate of drug-likeness (QED) is 0.599. The third kappa shape index (κ3) is 3.48. The van der Waals surface area contributed by atoms with Crippen LogP contribution in [0.2, 0.25) is 0 Å². The first-order valence-corrected chi connectivity index (χ1v) is 8.42. The van der Waals surface area contributed by atoms with Gasteiger partial charge in [0.1, 0.15) is 0 Å². The van der Waals surface area contributed by atoms with Crippen LogP contribution in [0.1, 0.15) is 21.7 Å². The number of anilines is 1. The lowest BCUT2D eigenvalue weighted by molar-refractivity contribution is 0.102. The van der Waals surface area contributed by atoms with Gasteiger partial charge in [0.2, 0.25) is 12.3 Å². The van der Waals surface area contributed by atoms with Gasteiger partial charge in [0.25, 0.3) is 5.91 Å². The van der Waals surface area contributed by atoms with E-state index in [9.17, 15) is 4.79 Å². The molecule has 0 radical (unpaired) electrons. The molecule has 0 aliphatic heterocycles. The van der Waals surface area contributed by atoms with E-state index >= 15 is 0 Å². The predicted octanol–water partition coefficient (Wildman–Crippen LogP) is 3.79. The summed E-state index contributed by atoms with van der Waals surface area (Å²) in [4.78, 5) is 12.5. The minimum atomic E-state index is -0.197. The average molecular weight is 359 g/mol. The van der Waals surface area contributed by atoms with E-state index in [0.717, 1.165) is 22.6 Å². The van der Waals surface area contributed by atoms with Gasteiger partial charge in [-0.2, -0.15) is 5.10 Å². The van der Waals surface area contributed by atoms with Crippen molar-refractivity contribution in [2.75, 3.05) is 5.32 Å². The fraction of sp³-hybridized carbons (Fsp3) is 0.100. The van der Waals surface area contributed by atoms with Crippen LogP contribution in [0.4, 0.5) is 5.69 Å². The Morgan fingerprint density at radius 2 is 1.89 bits per heavy atom. The number of hydrogen-bond acceptors (Lipinski definition) is 5. The maximum Gasteiger partial charge on any atom is 0.255 e. The van der Waals surface area contributed by atoms with Crippen molar-refractivity contribution in [3.05, 3.63) is 77.9 Å². The molecule has 0 aliphatic rings. The number of benzene rings is 2. The molecule has 0 saturated carbocycles. The van der Waals surface area contributed by atoms with Crippen molar-refractivity contribution >= 4 is 11.6 Å². The van der Waals surface area contributed by atoms with E-state index in [1.165, 1.54) is 6.39 Å². The van der Waals surface area contributed by atoms with Gasteiger partial charge in [0, 0.05) is 22.5 Å². The summed E-state index contributed by atoms with van der Waals surface area (Å²) < 4.78 is 7.04. The smallest absolute Gasteiger partial charge is 0.255 e. The summed E-state index contributed by atoms with van der Waals surface area (Å²) in [6, 6.07) is 16.6. The third-order valence-electron chi connectivity index (χ3n) is 4.11. The van der Waals surface area contributed by atoms with Crippen molar-refractivity contribution < 1.29 is 9.21 Å². The van der Waals surface area contributed by atoms with Gasteiger partial charge in [0.15, 0.2) is 0 Å². The molecule has 1 N–H and O–H groups in total. The van der Waals surface area contributed by atoms with Crippen molar-refractivity contribution in [1.29, 1.82) is 0 Å². The van der Waals surface area contributed by atoms with Crippen LogP contribution in [0.3, 0.4) is 0 Å². The highest BCUT2D eigenvalue weighted by molar-refractivity contribution is 6.04. The van der Waals surface area contributed by atoms with Crippen molar-refractivity contribution in [3.63, 3.8) is 0 Å². The number of aromatic nitrogens is 4. The summed E-state index contributed by atoms with van der Waals surface area (Å²) in [7, 11) is 0. The highest BCUT2D eigenvalue weighted by atomic mass is 16.4. The van der Waals surface area contributed by atoms with Crippen molar-refractivity contribution in [2.45, 2.75) is 13.8 Å². The Balaban J connectivity index is 1.52. The molecule has 0 fully saturated rings. The summed E-state index contributed by atoms with van der Waals surface area (Å²) >= 11 is 0. The first kappa shape index (κ1) is 16.7. The van der Waals surface area contributed by atoms with Gasteiger partial charge in [-0.05, 0) is 62.4 Å². The standard InChI is InChI=1S/C20H17N5O2/c1-13-10-14(2)25(24-13)18-8-6-15(7-9-18)19(26)22-17-5-3-4-16(11-17)20-23-21-12-27-20/h3-12H,1-2H3,(H,22,26). The topological polar surface area (TPSA) is 85.8 Å². The van der Waals surface area contributed by atoms with Crippen LogP contribution < -0.4 is 5.32 Å². The van der Waals surface area contributed by atoms with Crippen LogP contribution in [0.25, 0.3) is 17.1 Å². The highest BCUT2D eigenvalue weighted by Gasteiger charge is 2.10. The summed E-state index contributed by atoms with van der Waals surface area (Å²) in [6.45, 7) is 3.95. The second-order valence-electron chi connectivity index (χ2n) is 6.16. The monoisotopic (exact) mass is 359 g/mol. The lowest BCUT2D eigenvalue weighted by Crippen LogP contribution is -2.12. The van der Waals surface area contributed by atoms with Gasteiger partial charge in [-0.1, -0.05) is 6.07 Å². The lowest BCUT2D eigenvalue weighted by atomic mass is 10.1. The largest absolute Gasteiger partial charge is 0.423 e. The van der Waals surface area contributed by atoms with E-state index in [1.54, 1.807) is 18.2 Å². The Morgan fingerprint density at radius 3 is 2.56 bits per heavy atom. The number of amides is 1. The number of nitrogens with zero attached hydrogens (tertiary/aromatic N) is 4. The minimum Gasteiger partial charge on any atom is -0.423 e. The van der Waals surface area contributed by atoms with Crippen LogP contribution in [0.5, 0.6) is 0 Å². The molecule has 0 saturated heterocycles. The van der Waals surface area contributed by atoms with E-state index < -0.39 is 0 Å². The number of rotatable bonds is 4. The molecule has 0 aliphatic carbocycles. The molecular formula is C20H17N5O2. The number of nitrogens with one attached hydrogen (secondary N) is 1. The van der Waals surface area contributed by atoms with Gasteiger partial charge in [-0.3, -0.25) is 4.79 Å². The number of hydrogen-bond donors (Lipinski definition) is 1. The average Bonchev–Trinajstić information content (AvgIpc) is 3.32. The number of aryl methyl sites for hydroxylation is 2. The summed E-state index contributed by atoms with van der Waals surface area (Å²) in [5.74, 6) is 0.206. The fourth-order valence-electron chi connectivity index (χ4n) is 2.88. The number of carbonyl (C=O) groups excluding carboxylic acids is 1. The second kappa shape index (κ2) is 6.87. The Morgan fingerprint density at radius 1 is 1.07 bits per heavy atom. The second-order valence-corrected chi connectivity index (χ2v) is 6.16. The molecule has 7 heteroatoms. The van der Waals surface area contributed by atoms with E-state index in [0.29, 0.717) is 17.1 Å². The maximum atomic E-state index is 12.5. The van der Waals surface area contributed by atoms with Gasteiger partial charge in [-0.15, -0.1) is 10.2 Å². The van der Waals surface area contributed by atoms with Gasteiger partial charge >= 0.3 is 0 Å². The first-order chi connectivity index (χ1) is 13.1. The van der Waals surface area contributed by atoms with E-state index in [2.05, 4.69) is 20.6 Å². The van der Waals surface area contributed by atoms with Gasteiger partial charge in [-0.25, -0.2) is 4.68 Å². The predicted molar refractivity (Wildman–Crippen MR) is 101 cm³/mol. The van der Waals surface area contributed by atoms with E-state index in [1.807, 2.05) is 54.9 Å². The molecule has 4 aromatic rings.